The Bertz CT molecular complexity index is 1140. The zero-order valence-corrected chi connectivity index (χ0v) is 21.5. The quantitative estimate of drug-likeness (QED) is 0.532. The predicted molar refractivity (Wildman–Crippen MR) is 143 cm³/mol. The molecule has 4 aliphatic rings. The van der Waals surface area contributed by atoms with Crippen LogP contribution in [0.1, 0.15) is 58.8 Å². The van der Waals surface area contributed by atoms with Gasteiger partial charge in [-0.25, -0.2) is 0 Å². The molecule has 6 rings (SSSR count). The molecule has 5 nitrogen and oxygen atoms in total. The van der Waals surface area contributed by atoms with Crippen LogP contribution in [-0.2, 0) is 9.59 Å². The molecule has 0 saturated heterocycles. The largest absolute Gasteiger partial charge is 0.299 e. The SMILES string of the molecule is C[C@]12CCC(=O)CC1=NCC1C2CC[C@@]2(C)C1CC[C@@H]2C(=O)NN(c1ccccc1)c1ccccc1. The number of para-hydroxylation sites is 2. The fraction of sp³-hybridized carbons (Fsp3) is 0.516. The van der Waals surface area contributed by atoms with E-state index in [0.29, 0.717) is 36.4 Å². The van der Waals surface area contributed by atoms with Gasteiger partial charge in [0.05, 0.1) is 11.4 Å². The van der Waals surface area contributed by atoms with E-state index in [2.05, 4.69) is 19.3 Å². The van der Waals surface area contributed by atoms with Gasteiger partial charge < -0.3 is 0 Å². The maximum Gasteiger partial charge on any atom is 0.242 e. The van der Waals surface area contributed by atoms with Crippen molar-refractivity contribution in [2.45, 2.75) is 58.8 Å². The summed E-state index contributed by atoms with van der Waals surface area (Å²) in [5.41, 5.74) is 6.43. The molecule has 3 unspecified atom stereocenters. The van der Waals surface area contributed by atoms with Crippen LogP contribution in [0, 0.1) is 34.5 Å². The minimum absolute atomic E-state index is 0.00973. The summed E-state index contributed by atoms with van der Waals surface area (Å²) in [5, 5.41) is 1.93. The number of carbonyl (C=O) groups excluding carboxylic acids is 2. The first-order valence-corrected chi connectivity index (χ1v) is 13.7. The fourth-order valence-electron chi connectivity index (χ4n) is 8.26. The normalized spacial score (nSPS) is 35.2. The summed E-state index contributed by atoms with van der Waals surface area (Å²) < 4.78 is 0. The smallest absolute Gasteiger partial charge is 0.242 e. The molecule has 1 heterocycles. The van der Waals surface area contributed by atoms with Crippen molar-refractivity contribution in [3.63, 3.8) is 0 Å². The third-order valence-electron chi connectivity index (χ3n) is 10.3. The highest BCUT2D eigenvalue weighted by Crippen LogP contribution is 2.63. The number of hydrogen-bond donors (Lipinski definition) is 1. The Kier molecular flexibility index (Phi) is 5.77. The van der Waals surface area contributed by atoms with E-state index >= 15 is 0 Å². The maximum absolute atomic E-state index is 13.9. The second kappa shape index (κ2) is 8.86. The number of benzene rings is 2. The number of hydrazine groups is 1. The van der Waals surface area contributed by atoms with E-state index in [1.165, 1.54) is 0 Å². The lowest BCUT2D eigenvalue weighted by atomic mass is 9.49. The Hall–Kier alpha value is -2.95. The minimum Gasteiger partial charge on any atom is -0.299 e. The molecule has 2 aromatic rings. The number of rotatable bonds is 4. The summed E-state index contributed by atoms with van der Waals surface area (Å²) in [4.78, 5) is 31.1. The lowest BCUT2D eigenvalue weighted by Crippen LogP contribution is -2.55. The van der Waals surface area contributed by atoms with Crippen LogP contribution in [-0.4, -0.2) is 23.9 Å². The Morgan fingerprint density at radius 2 is 1.58 bits per heavy atom. The molecule has 1 aliphatic heterocycles. The molecule has 3 saturated carbocycles. The second-order valence-electron chi connectivity index (χ2n) is 12.0. The van der Waals surface area contributed by atoms with Gasteiger partial charge >= 0.3 is 0 Å². The highest BCUT2D eigenvalue weighted by Gasteiger charge is 2.60. The molecule has 0 aromatic heterocycles. The van der Waals surface area contributed by atoms with Crippen molar-refractivity contribution in [3.8, 4) is 0 Å². The Morgan fingerprint density at radius 3 is 2.25 bits per heavy atom. The van der Waals surface area contributed by atoms with Gasteiger partial charge in [0, 0.05) is 36.4 Å². The Morgan fingerprint density at radius 1 is 0.917 bits per heavy atom. The number of fused-ring (bicyclic) bond motifs is 5. The first-order chi connectivity index (χ1) is 17.4. The van der Waals surface area contributed by atoms with Gasteiger partial charge in [-0.3, -0.25) is 25.0 Å². The number of aliphatic imine (C=N–C) groups is 1. The Balaban J connectivity index is 1.25. The molecule has 2 aromatic carbocycles. The molecular formula is C31H37N3O2. The molecular weight excluding hydrogens is 446 g/mol. The van der Waals surface area contributed by atoms with E-state index in [1.807, 2.05) is 65.7 Å². The monoisotopic (exact) mass is 483 g/mol. The van der Waals surface area contributed by atoms with E-state index in [-0.39, 0.29) is 22.7 Å². The van der Waals surface area contributed by atoms with Crippen molar-refractivity contribution in [1.29, 1.82) is 0 Å². The van der Waals surface area contributed by atoms with E-state index in [9.17, 15) is 9.59 Å². The topological polar surface area (TPSA) is 61.8 Å². The summed E-state index contributed by atoms with van der Waals surface area (Å²) in [7, 11) is 0. The molecule has 6 atom stereocenters. The lowest BCUT2D eigenvalue weighted by molar-refractivity contribution is -0.131. The molecule has 3 fully saturated rings. The van der Waals surface area contributed by atoms with Crippen LogP contribution in [0.3, 0.4) is 0 Å². The van der Waals surface area contributed by atoms with Crippen LogP contribution >= 0.6 is 0 Å². The van der Waals surface area contributed by atoms with Gasteiger partial charge in [0.2, 0.25) is 5.91 Å². The van der Waals surface area contributed by atoms with E-state index in [4.69, 9.17) is 4.99 Å². The molecule has 0 spiro atoms. The maximum atomic E-state index is 13.9. The molecule has 3 aliphatic carbocycles. The van der Waals surface area contributed by atoms with Gasteiger partial charge in [0.25, 0.3) is 0 Å². The number of anilines is 2. The van der Waals surface area contributed by atoms with Gasteiger partial charge in [-0.1, -0.05) is 50.2 Å². The van der Waals surface area contributed by atoms with Crippen LogP contribution in [0.2, 0.25) is 0 Å². The summed E-state index contributed by atoms with van der Waals surface area (Å²) in [6.45, 7) is 5.57. The number of amides is 1. The van der Waals surface area contributed by atoms with E-state index in [0.717, 1.165) is 55.7 Å². The highest BCUT2D eigenvalue weighted by molar-refractivity contribution is 6.07. The van der Waals surface area contributed by atoms with Crippen LogP contribution in [0.25, 0.3) is 0 Å². The fourth-order valence-corrected chi connectivity index (χ4v) is 8.26. The molecule has 0 bridgehead atoms. The first-order valence-electron chi connectivity index (χ1n) is 13.7. The number of ketones is 1. The standard InChI is InChI=1S/C31H37N3O2/c1-30-18-16-26-24(20-32-28-19-23(35)15-17-31(26,28)2)25(30)13-14-27(30)29(36)33-34(21-9-5-3-6-10-21)22-11-7-4-8-12-22/h3-12,24-27H,13-20H2,1-2H3,(H,33,36)/t24?,25?,26?,27-,30+,31-/m1/s1. The highest BCUT2D eigenvalue weighted by atomic mass is 16.2. The van der Waals surface area contributed by atoms with Gasteiger partial charge in [0.1, 0.15) is 5.78 Å². The number of nitrogens with one attached hydrogen (secondary N) is 1. The number of nitrogens with zero attached hydrogens (tertiary/aromatic N) is 2. The van der Waals surface area contributed by atoms with Crippen LogP contribution < -0.4 is 10.4 Å². The molecule has 1 N–H and O–H groups in total. The molecule has 5 heteroatoms. The summed E-state index contributed by atoms with van der Waals surface area (Å²) in [5.74, 6) is 2.08. The van der Waals surface area contributed by atoms with Crippen LogP contribution in [0.4, 0.5) is 11.4 Å². The number of carbonyl (C=O) groups is 2. The zero-order chi connectivity index (χ0) is 24.9. The zero-order valence-electron chi connectivity index (χ0n) is 21.5. The third-order valence-corrected chi connectivity index (χ3v) is 10.3. The number of Topliss-reactive ketones (excluding diaryl/α,β-unsaturated/α-hetero) is 1. The van der Waals surface area contributed by atoms with Gasteiger partial charge in [0.15, 0.2) is 0 Å². The van der Waals surface area contributed by atoms with Gasteiger partial charge in [-0.15, -0.1) is 0 Å². The minimum atomic E-state index is -0.0157. The predicted octanol–water partition coefficient (Wildman–Crippen LogP) is 6.13. The van der Waals surface area contributed by atoms with Crippen molar-refractivity contribution in [1.82, 2.24) is 5.43 Å². The molecule has 36 heavy (non-hydrogen) atoms. The van der Waals surface area contributed by atoms with Crippen molar-refractivity contribution < 1.29 is 9.59 Å². The van der Waals surface area contributed by atoms with E-state index in [1.54, 1.807) is 0 Å². The average molecular weight is 484 g/mol. The van der Waals surface area contributed by atoms with Gasteiger partial charge in [-0.05, 0) is 79.5 Å². The van der Waals surface area contributed by atoms with Crippen molar-refractivity contribution in [2.75, 3.05) is 11.6 Å². The van der Waals surface area contributed by atoms with Crippen molar-refractivity contribution >= 4 is 28.8 Å². The molecule has 1 amide bonds. The van der Waals surface area contributed by atoms with Gasteiger partial charge in [-0.2, -0.15) is 0 Å². The summed E-state index contributed by atoms with van der Waals surface area (Å²) >= 11 is 0. The Labute approximate surface area is 214 Å². The van der Waals surface area contributed by atoms with Crippen LogP contribution in [0.15, 0.2) is 65.7 Å². The second-order valence-corrected chi connectivity index (χ2v) is 12.0. The van der Waals surface area contributed by atoms with Crippen molar-refractivity contribution in [3.05, 3.63) is 60.7 Å². The van der Waals surface area contributed by atoms with Crippen molar-refractivity contribution in [2.24, 2.45) is 39.5 Å². The average Bonchev–Trinajstić information content (AvgIpc) is 3.26. The lowest BCUT2D eigenvalue weighted by Gasteiger charge is -2.56. The summed E-state index contributed by atoms with van der Waals surface area (Å²) in [6, 6.07) is 20.1. The number of hydrogen-bond acceptors (Lipinski definition) is 4. The summed E-state index contributed by atoms with van der Waals surface area (Å²) in [6.07, 6.45) is 6.42. The van der Waals surface area contributed by atoms with E-state index < -0.39 is 0 Å². The van der Waals surface area contributed by atoms with Crippen LogP contribution in [0.5, 0.6) is 0 Å². The molecule has 188 valence electrons. The molecule has 0 radical (unpaired) electrons. The third kappa shape index (κ3) is 3.70. The first kappa shape index (κ1) is 23.4.